The lowest BCUT2D eigenvalue weighted by Crippen LogP contribution is -2.51. The Morgan fingerprint density at radius 3 is 2.57 bits per heavy atom. The van der Waals surface area contributed by atoms with Gasteiger partial charge in [0.25, 0.3) is 5.60 Å². The highest BCUT2D eigenvalue weighted by molar-refractivity contribution is 5.67. The van der Waals surface area contributed by atoms with Crippen molar-refractivity contribution in [2.24, 2.45) is 0 Å². The van der Waals surface area contributed by atoms with Crippen molar-refractivity contribution in [2.75, 3.05) is 6.54 Å². The second-order valence-electron chi connectivity index (χ2n) is 4.61. The summed E-state index contributed by atoms with van der Waals surface area (Å²) in [6, 6.07) is 8.59. The number of nitrogens with one attached hydrogen (secondary N) is 1. The van der Waals surface area contributed by atoms with Crippen LogP contribution in [0.1, 0.15) is 11.5 Å². The monoisotopic (exact) mass is 330 g/mol. The first kappa shape index (κ1) is 16.8. The van der Waals surface area contributed by atoms with Crippen LogP contribution in [0, 0.1) is 0 Å². The highest BCUT2D eigenvalue weighted by Crippen LogP contribution is 2.37. The van der Waals surface area contributed by atoms with Crippen molar-refractivity contribution in [2.45, 2.75) is 18.4 Å². The predicted octanol–water partition coefficient (Wildman–Crippen LogP) is 2.35. The zero-order valence-electron chi connectivity index (χ0n) is 11.7. The summed E-state index contributed by atoms with van der Waals surface area (Å²) >= 11 is 0. The molecule has 0 aliphatic rings. The average Bonchev–Trinajstić information content (AvgIpc) is 3.05. The number of amides is 1. The molecule has 0 fully saturated rings. The molecule has 0 radical (unpaired) electrons. The topological polar surface area (TPSA) is 84.6 Å². The lowest BCUT2D eigenvalue weighted by molar-refractivity contribution is -0.271. The first-order valence-corrected chi connectivity index (χ1v) is 6.46. The highest BCUT2D eigenvalue weighted by atomic mass is 19.4. The molecule has 1 heterocycles. The minimum Gasteiger partial charge on any atom is -0.446 e. The van der Waals surface area contributed by atoms with E-state index in [1.807, 2.05) is 5.32 Å². The molecular weight excluding hydrogens is 317 g/mol. The molecule has 0 aliphatic heterocycles. The third-order valence-electron chi connectivity index (χ3n) is 2.96. The minimum absolute atomic E-state index is 0.115. The summed E-state index contributed by atoms with van der Waals surface area (Å²) in [5, 5.41) is 11.6. The molecule has 1 atom stereocenters. The molecule has 1 amide bonds. The van der Waals surface area contributed by atoms with Crippen molar-refractivity contribution in [1.29, 1.82) is 0 Å². The number of hydrogen-bond acceptors (Lipinski definition) is 5. The molecule has 9 heteroatoms. The van der Waals surface area contributed by atoms with E-state index in [0.29, 0.717) is 5.56 Å². The fourth-order valence-corrected chi connectivity index (χ4v) is 1.70. The van der Waals surface area contributed by atoms with Crippen molar-refractivity contribution >= 4 is 6.09 Å². The van der Waals surface area contributed by atoms with Crippen LogP contribution in [0.2, 0.25) is 0 Å². The minimum atomic E-state index is -5.09. The Morgan fingerprint density at radius 2 is 2.00 bits per heavy atom. The molecule has 1 aromatic heterocycles. The molecule has 1 aromatic carbocycles. The molecule has 124 valence electrons. The van der Waals surface area contributed by atoms with Crippen LogP contribution in [0.15, 0.2) is 47.2 Å². The molecular formula is C14H13F3N2O4. The summed E-state index contributed by atoms with van der Waals surface area (Å²) in [7, 11) is 0. The van der Waals surface area contributed by atoms with E-state index >= 15 is 0 Å². The van der Waals surface area contributed by atoms with Gasteiger partial charge in [0.2, 0.25) is 5.89 Å². The number of carbonyl (C=O) groups is 1. The summed E-state index contributed by atoms with van der Waals surface area (Å²) < 4.78 is 48.4. The van der Waals surface area contributed by atoms with E-state index in [1.54, 1.807) is 30.3 Å². The number of hydrogen-bond donors (Lipinski definition) is 2. The number of halogens is 3. The smallest absolute Gasteiger partial charge is 0.428 e. The fraction of sp³-hybridized carbons (Fsp3) is 0.286. The third-order valence-corrected chi connectivity index (χ3v) is 2.96. The van der Waals surface area contributed by atoms with Gasteiger partial charge in [-0.2, -0.15) is 13.2 Å². The summed E-state index contributed by atoms with van der Waals surface area (Å²) in [4.78, 5) is 14.8. The number of aliphatic hydroxyl groups is 1. The van der Waals surface area contributed by atoms with Crippen LogP contribution in [0.25, 0.3) is 0 Å². The maximum atomic E-state index is 13.0. The van der Waals surface area contributed by atoms with Gasteiger partial charge < -0.3 is 19.6 Å². The second kappa shape index (κ2) is 6.69. The summed E-state index contributed by atoms with van der Waals surface area (Å²) in [6.07, 6.45) is -4.35. The van der Waals surface area contributed by atoms with Crippen molar-refractivity contribution in [3.8, 4) is 0 Å². The third kappa shape index (κ3) is 4.01. The van der Waals surface area contributed by atoms with Crippen LogP contribution in [-0.2, 0) is 16.9 Å². The van der Waals surface area contributed by atoms with Gasteiger partial charge in [0.15, 0.2) is 0 Å². The van der Waals surface area contributed by atoms with E-state index in [2.05, 4.69) is 9.40 Å². The van der Waals surface area contributed by atoms with Crippen LogP contribution < -0.4 is 5.32 Å². The second-order valence-corrected chi connectivity index (χ2v) is 4.61. The molecule has 2 rings (SSSR count). The highest BCUT2D eigenvalue weighted by Gasteiger charge is 2.58. The molecule has 1 unspecified atom stereocenters. The van der Waals surface area contributed by atoms with E-state index in [1.165, 1.54) is 0 Å². The molecule has 0 spiro atoms. The van der Waals surface area contributed by atoms with Gasteiger partial charge in [-0.1, -0.05) is 30.3 Å². The molecule has 2 N–H and O–H groups in total. The van der Waals surface area contributed by atoms with Crippen molar-refractivity contribution in [1.82, 2.24) is 10.3 Å². The maximum absolute atomic E-state index is 13.0. The van der Waals surface area contributed by atoms with Crippen LogP contribution >= 0.6 is 0 Å². The van der Waals surface area contributed by atoms with Crippen molar-refractivity contribution in [3.63, 3.8) is 0 Å². The molecule has 2 aromatic rings. The number of carbonyl (C=O) groups excluding carboxylic acids is 1. The fourth-order valence-electron chi connectivity index (χ4n) is 1.70. The number of oxazole rings is 1. The van der Waals surface area contributed by atoms with Crippen LogP contribution in [0.5, 0.6) is 0 Å². The summed E-state index contributed by atoms with van der Waals surface area (Å²) in [6.45, 7) is -1.30. The Morgan fingerprint density at radius 1 is 1.30 bits per heavy atom. The Hall–Kier alpha value is -2.55. The molecule has 0 saturated carbocycles. The maximum Gasteiger partial charge on any atom is 0.428 e. The van der Waals surface area contributed by atoms with Crippen LogP contribution in [-0.4, -0.2) is 28.9 Å². The van der Waals surface area contributed by atoms with Crippen LogP contribution in [0.3, 0.4) is 0 Å². The van der Waals surface area contributed by atoms with E-state index in [-0.39, 0.29) is 6.61 Å². The van der Waals surface area contributed by atoms with E-state index in [4.69, 9.17) is 4.74 Å². The standard InChI is InChI=1S/C14H13F3N2O4/c15-14(16,17)13(21,11-18-6-7-22-11)9-19-12(20)23-8-10-4-2-1-3-5-10/h1-7,21H,8-9H2,(H,19,20). The van der Waals surface area contributed by atoms with Gasteiger partial charge in [0.1, 0.15) is 12.9 Å². The molecule has 6 nitrogen and oxygen atoms in total. The summed E-state index contributed by atoms with van der Waals surface area (Å²) in [5.74, 6) is -0.964. The number of alkyl halides is 3. The Balaban J connectivity index is 1.95. The van der Waals surface area contributed by atoms with Crippen LogP contribution in [0.4, 0.5) is 18.0 Å². The first-order valence-electron chi connectivity index (χ1n) is 6.46. The van der Waals surface area contributed by atoms with Gasteiger partial charge in [0.05, 0.1) is 12.7 Å². The lowest BCUT2D eigenvalue weighted by Gasteiger charge is -2.27. The van der Waals surface area contributed by atoms with Gasteiger partial charge in [-0.25, -0.2) is 9.78 Å². The Kier molecular flexibility index (Phi) is 4.89. The SMILES string of the molecule is O=C(NCC(O)(c1ncco1)C(F)(F)F)OCc1ccccc1. The Bertz CT molecular complexity index is 631. The molecule has 0 bridgehead atoms. The normalized spacial score (nSPS) is 14.1. The Labute approximate surface area is 128 Å². The molecule has 0 aliphatic carbocycles. The van der Waals surface area contributed by atoms with Gasteiger partial charge in [-0.15, -0.1) is 0 Å². The zero-order valence-corrected chi connectivity index (χ0v) is 11.7. The quantitative estimate of drug-likeness (QED) is 0.879. The molecule has 23 heavy (non-hydrogen) atoms. The lowest BCUT2D eigenvalue weighted by atomic mass is 10.0. The summed E-state index contributed by atoms with van der Waals surface area (Å²) in [5.41, 5.74) is -2.77. The number of nitrogens with zero attached hydrogens (tertiary/aromatic N) is 1. The van der Waals surface area contributed by atoms with E-state index in [0.717, 1.165) is 12.5 Å². The van der Waals surface area contributed by atoms with E-state index < -0.39 is 30.3 Å². The van der Waals surface area contributed by atoms with E-state index in [9.17, 15) is 23.1 Å². The van der Waals surface area contributed by atoms with Gasteiger partial charge in [-0.05, 0) is 5.56 Å². The zero-order chi connectivity index (χ0) is 16.9. The van der Waals surface area contributed by atoms with Gasteiger partial charge in [0, 0.05) is 0 Å². The van der Waals surface area contributed by atoms with Crippen molar-refractivity contribution < 1.29 is 32.2 Å². The number of ether oxygens (including phenoxy) is 1. The number of benzene rings is 1. The van der Waals surface area contributed by atoms with Gasteiger partial charge >= 0.3 is 12.3 Å². The number of aromatic nitrogens is 1. The average molecular weight is 330 g/mol. The first-order chi connectivity index (χ1) is 10.8. The predicted molar refractivity (Wildman–Crippen MR) is 71.1 cm³/mol. The van der Waals surface area contributed by atoms with Gasteiger partial charge in [-0.3, -0.25) is 0 Å². The van der Waals surface area contributed by atoms with Crippen molar-refractivity contribution in [3.05, 3.63) is 54.2 Å². The number of alkyl carbamates (subject to hydrolysis) is 1. The number of rotatable bonds is 5. The largest absolute Gasteiger partial charge is 0.446 e. The molecule has 0 saturated heterocycles.